The molecule has 136 valence electrons. The molecule has 0 aliphatic heterocycles. The van der Waals surface area contributed by atoms with Gasteiger partial charge in [-0.2, -0.15) is 0 Å². The first-order valence-electron chi connectivity index (χ1n) is 8.18. The van der Waals surface area contributed by atoms with Crippen molar-refractivity contribution in [1.82, 2.24) is 0 Å². The van der Waals surface area contributed by atoms with E-state index in [1.165, 1.54) is 0 Å². The third kappa shape index (κ3) is 4.74. The summed E-state index contributed by atoms with van der Waals surface area (Å²) in [6, 6.07) is 20.9. The quantitative estimate of drug-likeness (QED) is 0.607. The van der Waals surface area contributed by atoms with Crippen LogP contribution in [-0.4, -0.2) is 18.9 Å². The Morgan fingerprint density at radius 1 is 0.852 bits per heavy atom. The average molecular weight is 425 g/mol. The van der Waals surface area contributed by atoms with Crippen LogP contribution in [0, 0.1) is 0 Å². The van der Waals surface area contributed by atoms with Crippen molar-refractivity contribution < 1.29 is 14.3 Å². The summed E-state index contributed by atoms with van der Waals surface area (Å²) in [5.41, 5.74) is 1.91. The maximum Gasteiger partial charge on any atom is 0.257 e. The lowest BCUT2D eigenvalue weighted by Crippen LogP contribution is -2.18. The minimum atomic E-state index is -0.324. The Hall–Kier alpha value is -3.12. The third-order valence-electron chi connectivity index (χ3n) is 3.85. The van der Waals surface area contributed by atoms with Gasteiger partial charge in [-0.3, -0.25) is 9.59 Å². The second kappa shape index (κ2) is 8.51. The van der Waals surface area contributed by atoms with Crippen LogP contribution in [-0.2, 0) is 0 Å². The van der Waals surface area contributed by atoms with Gasteiger partial charge in [0.15, 0.2) is 0 Å². The van der Waals surface area contributed by atoms with Gasteiger partial charge in [0.05, 0.1) is 18.4 Å². The zero-order chi connectivity index (χ0) is 19.2. The molecule has 0 radical (unpaired) electrons. The molecule has 5 nitrogen and oxygen atoms in total. The summed E-state index contributed by atoms with van der Waals surface area (Å²) in [7, 11) is 1.56. The molecule has 0 aliphatic carbocycles. The molecule has 0 heterocycles. The fourth-order valence-electron chi connectivity index (χ4n) is 2.49. The number of hydrogen-bond acceptors (Lipinski definition) is 3. The highest BCUT2D eigenvalue weighted by Crippen LogP contribution is 2.21. The van der Waals surface area contributed by atoms with Crippen LogP contribution in [0.2, 0.25) is 0 Å². The van der Waals surface area contributed by atoms with Crippen LogP contribution < -0.4 is 15.4 Å². The maximum absolute atomic E-state index is 12.7. The van der Waals surface area contributed by atoms with Crippen molar-refractivity contribution in [2.75, 3.05) is 17.7 Å². The van der Waals surface area contributed by atoms with Crippen LogP contribution >= 0.6 is 15.9 Å². The Morgan fingerprint density at radius 2 is 1.59 bits per heavy atom. The zero-order valence-electron chi connectivity index (χ0n) is 14.5. The lowest BCUT2D eigenvalue weighted by molar-refractivity contribution is 0.102. The first-order chi connectivity index (χ1) is 13.1. The summed E-state index contributed by atoms with van der Waals surface area (Å²) in [6.07, 6.45) is 0. The molecular formula is C21H17BrN2O3. The molecule has 0 fully saturated rings. The van der Waals surface area contributed by atoms with Crippen LogP contribution in [0.1, 0.15) is 20.7 Å². The number of para-hydroxylation sites is 1. The van der Waals surface area contributed by atoms with E-state index in [0.29, 0.717) is 28.3 Å². The lowest BCUT2D eigenvalue weighted by Gasteiger charge is -2.12. The monoisotopic (exact) mass is 424 g/mol. The number of carbonyl (C=O) groups excluding carboxylic acids is 2. The van der Waals surface area contributed by atoms with Crippen molar-refractivity contribution in [2.45, 2.75) is 0 Å². The highest BCUT2D eigenvalue weighted by molar-refractivity contribution is 9.10. The normalized spacial score (nSPS) is 10.1. The van der Waals surface area contributed by atoms with Gasteiger partial charge in [-0.25, -0.2) is 0 Å². The molecule has 0 unspecified atom stereocenters. The molecule has 0 saturated carbocycles. The maximum atomic E-state index is 12.7. The molecule has 0 bridgehead atoms. The first-order valence-corrected chi connectivity index (χ1v) is 8.97. The van der Waals surface area contributed by atoms with E-state index in [0.717, 1.165) is 4.47 Å². The molecule has 3 rings (SSSR count). The Morgan fingerprint density at radius 3 is 2.33 bits per heavy atom. The van der Waals surface area contributed by atoms with Gasteiger partial charge >= 0.3 is 0 Å². The molecule has 0 spiro atoms. The number of anilines is 2. The molecule has 0 atom stereocenters. The Bertz CT molecular complexity index is 971. The van der Waals surface area contributed by atoms with Gasteiger partial charge in [-0.05, 0) is 48.5 Å². The molecule has 0 aromatic heterocycles. The van der Waals surface area contributed by atoms with Gasteiger partial charge in [0.2, 0.25) is 0 Å². The molecule has 0 saturated heterocycles. The van der Waals surface area contributed by atoms with E-state index in [1.54, 1.807) is 79.9 Å². The minimum absolute atomic E-state index is 0.288. The van der Waals surface area contributed by atoms with Crippen molar-refractivity contribution in [3.63, 3.8) is 0 Å². The fourth-order valence-corrected chi connectivity index (χ4v) is 2.75. The van der Waals surface area contributed by atoms with E-state index in [1.807, 2.05) is 0 Å². The molecule has 3 aromatic carbocycles. The first kappa shape index (κ1) is 18.7. The van der Waals surface area contributed by atoms with Gasteiger partial charge in [-0.15, -0.1) is 0 Å². The zero-order valence-corrected chi connectivity index (χ0v) is 16.1. The fraction of sp³-hybridized carbons (Fsp3) is 0.0476. The summed E-state index contributed by atoms with van der Waals surface area (Å²) in [6.45, 7) is 0. The molecule has 2 N–H and O–H groups in total. The Kier molecular flexibility index (Phi) is 5.88. The number of rotatable bonds is 5. The van der Waals surface area contributed by atoms with Crippen LogP contribution in [0.25, 0.3) is 0 Å². The molecule has 2 amide bonds. The summed E-state index contributed by atoms with van der Waals surface area (Å²) in [5, 5.41) is 5.61. The van der Waals surface area contributed by atoms with Crippen LogP contribution in [0.3, 0.4) is 0 Å². The topological polar surface area (TPSA) is 67.4 Å². The van der Waals surface area contributed by atoms with Crippen molar-refractivity contribution in [3.8, 4) is 5.75 Å². The van der Waals surface area contributed by atoms with Gasteiger partial charge in [0.1, 0.15) is 5.75 Å². The smallest absolute Gasteiger partial charge is 0.257 e. The average Bonchev–Trinajstić information content (AvgIpc) is 2.69. The number of methoxy groups -OCH3 is 1. The van der Waals surface area contributed by atoms with E-state index >= 15 is 0 Å². The van der Waals surface area contributed by atoms with Crippen molar-refractivity contribution in [3.05, 3.63) is 88.4 Å². The number of halogens is 1. The third-order valence-corrected chi connectivity index (χ3v) is 4.38. The van der Waals surface area contributed by atoms with Crippen LogP contribution in [0.5, 0.6) is 5.75 Å². The molecule has 0 aliphatic rings. The van der Waals surface area contributed by atoms with Gasteiger partial charge in [0.25, 0.3) is 11.8 Å². The number of ether oxygens (including phenoxy) is 1. The lowest BCUT2D eigenvalue weighted by atomic mass is 10.1. The SMILES string of the molecule is COc1cccc(NC(=O)c2ccccc2NC(=O)c2ccc(Br)cc2)c1. The van der Waals surface area contributed by atoms with E-state index in [9.17, 15) is 9.59 Å². The number of amides is 2. The number of benzene rings is 3. The van der Waals surface area contributed by atoms with Gasteiger partial charge < -0.3 is 15.4 Å². The summed E-state index contributed by atoms with van der Waals surface area (Å²) < 4.78 is 6.05. The molecule has 6 heteroatoms. The molecule has 27 heavy (non-hydrogen) atoms. The highest BCUT2D eigenvalue weighted by Gasteiger charge is 2.14. The van der Waals surface area contributed by atoms with E-state index in [-0.39, 0.29) is 11.8 Å². The number of hydrogen-bond donors (Lipinski definition) is 2. The summed E-state index contributed by atoms with van der Waals surface area (Å²) in [4.78, 5) is 25.2. The molecule has 3 aromatic rings. The van der Waals surface area contributed by atoms with E-state index in [2.05, 4.69) is 26.6 Å². The number of carbonyl (C=O) groups is 2. The van der Waals surface area contributed by atoms with Crippen molar-refractivity contribution in [2.24, 2.45) is 0 Å². The highest BCUT2D eigenvalue weighted by atomic mass is 79.9. The van der Waals surface area contributed by atoms with Gasteiger partial charge in [-0.1, -0.05) is 34.1 Å². The van der Waals surface area contributed by atoms with Crippen molar-refractivity contribution >= 4 is 39.1 Å². The predicted molar refractivity (Wildman–Crippen MR) is 109 cm³/mol. The minimum Gasteiger partial charge on any atom is -0.497 e. The predicted octanol–water partition coefficient (Wildman–Crippen LogP) is 4.96. The second-order valence-electron chi connectivity index (χ2n) is 5.69. The summed E-state index contributed by atoms with van der Waals surface area (Å²) >= 11 is 3.34. The van der Waals surface area contributed by atoms with Crippen LogP contribution in [0.4, 0.5) is 11.4 Å². The standard InChI is InChI=1S/C21H17BrN2O3/c1-27-17-6-4-5-16(13-17)23-21(26)18-7-2-3-8-19(18)24-20(25)14-9-11-15(22)12-10-14/h2-13H,1H3,(H,23,26)(H,24,25). The molecular weight excluding hydrogens is 408 g/mol. The number of nitrogens with one attached hydrogen (secondary N) is 2. The van der Waals surface area contributed by atoms with Crippen molar-refractivity contribution in [1.29, 1.82) is 0 Å². The largest absolute Gasteiger partial charge is 0.497 e. The van der Waals surface area contributed by atoms with E-state index < -0.39 is 0 Å². The van der Waals surface area contributed by atoms with Gasteiger partial charge in [0, 0.05) is 21.8 Å². The Labute approximate surface area is 165 Å². The van der Waals surface area contributed by atoms with Crippen LogP contribution in [0.15, 0.2) is 77.3 Å². The van der Waals surface area contributed by atoms with E-state index in [4.69, 9.17) is 4.74 Å². The summed E-state index contributed by atoms with van der Waals surface area (Å²) in [5.74, 6) is 0.0312. The second-order valence-corrected chi connectivity index (χ2v) is 6.61. The Balaban J connectivity index is 1.79.